The van der Waals surface area contributed by atoms with Gasteiger partial charge in [-0.1, -0.05) is 6.07 Å². The van der Waals surface area contributed by atoms with Crippen LogP contribution in [0.5, 0.6) is 0 Å². The molecule has 0 saturated carbocycles. The third-order valence-corrected chi connectivity index (χ3v) is 3.19. The van der Waals surface area contributed by atoms with Crippen molar-refractivity contribution in [3.63, 3.8) is 0 Å². The number of anilines is 1. The Hall–Kier alpha value is -1.64. The van der Waals surface area contributed by atoms with Gasteiger partial charge in [0.05, 0.1) is 0 Å². The number of likely N-dealkylation sites (N-methyl/N-ethyl adjacent to an activating group) is 1. The van der Waals surface area contributed by atoms with Crippen LogP contribution in [0.1, 0.15) is 5.69 Å². The van der Waals surface area contributed by atoms with Gasteiger partial charge >= 0.3 is 0 Å². The molecule has 0 radical (unpaired) electrons. The Morgan fingerprint density at radius 2 is 2.11 bits per heavy atom. The predicted molar refractivity (Wildman–Crippen MR) is 71.4 cm³/mol. The largest absolute Gasteiger partial charge is 0.369 e. The first kappa shape index (κ1) is 12.8. The quantitative estimate of drug-likeness (QED) is 0.842. The van der Waals surface area contributed by atoms with Crippen LogP contribution in [0.15, 0.2) is 18.2 Å². The zero-order valence-corrected chi connectivity index (χ0v) is 10.8. The van der Waals surface area contributed by atoms with Crippen LogP contribution in [0.25, 0.3) is 0 Å². The molecule has 2 rings (SSSR count). The molecule has 1 N–H and O–H groups in total. The lowest BCUT2D eigenvalue weighted by Crippen LogP contribution is -2.45. The highest BCUT2D eigenvalue weighted by atomic mass is 15.2. The van der Waals surface area contributed by atoms with Gasteiger partial charge < -0.3 is 10.2 Å². The first-order valence-corrected chi connectivity index (χ1v) is 6.30. The number of piperazine rings is 1. The number of rotatable bonds is 4. The average Bonchev–Trinajstić information content (AvgIpc) is 2.41. The summed E-state index contributed by atoms with van der Waals surface area (Å²) in [6.07, 6.45) is 0. The highest BCUT2D eigenvalue weighted by Gasteiger charge is 2.12. The van der Waals surface area contributed by atoms with Crippen molar-refractivity contribution in [2.75, 3.05) is 51.6 Å². The molecule has 0 aliphatic carbocycles. The summed E-state index contributed by atoms with van der Waals surface area (Å²) in [6, 6.07) is 7.50. The zero-order valence-electron chi connectivity index (χ0n) is 10.8. The van der Waals surface area contributed by atoms with E-state index in [9.17, 15) is 0 Å². The Labute approximate surface area is 108 Å². The summed E-state index contributed by atoms with van der Waals surface area (Å²) in [5.74, 6) is 0.781. The predicted octanol–water partition coefficient (Wildman–Crippen LogP) is 0.613. The smallest absolute Gasteiger partial charge is 0.142 e. The highest BCUT2D eigenvalue weighted by molar-refractivity contribution is 5.38. The van der Waals surface area contributed by atoms with Crippen molar-refractivity contribution in [2.45, 2.75) is 0 Å². The SMILES string of the molecule is CN1CCN(CCNc2cccc(C#N)n2)CC1. The molecule has 0 bridgehead atoms. The van der Waals surface area contributed by atoms with E-state index in [0.29, 0.717) is 5.69 Å². The van der Waals surface area contributed by atoms with Crippen molar-refractivity contribution >= 4 is 5.82 Å². The summed E-state index contributed by atoms with van der Waals surface area (Å²) < 4.78 is 0. The molecule has 18 heavy (non-hydrogen) atoms. The summed E-state index contributed by atoms with van der Waals surface area (Å²) in [4.78, 5) is 8.98. The number of nitrogens with zero attached hydrogens (tertiary/aromatic N) is 4. The molecule has 0 spiro atoms. The van der Waals surface area contributed by atoms with Gasteiger partial charge in [0.15, 0.2) is 0 Å². The van der Waals surface area contributed by atoms with Crippen molar-refractivity contribution in [2.24, 2.45) is 0 Å². The third-order valence-electron chi connectivity index (χ3n) is 3.19. The molecule has 1 aliphatic heterocycles. The van der Waals surface area contributed by atoms with E-state index in [-0.39, 0.29) is 0 Å². The lowest BCUT2D eigenvalue weighted by atomic mass is 10.3. The van der Waals surface area contributed by atoms with Gasteiger partial charge in [-0.3, -0.25) is 4.90 Å². The maximum absolute atomic E-state index is 8.76. The molecule has 1 saturated heterocycles. The summed E-state index contributed by atoms with van der Waals surface area (Å²) in [7, 11) is 2.16. The molecule has 1 aromatic rings. The fourth-order valence-electron chi connectivity index (χ4n) is 2.01. The minimum absolute atomic E-state index is 0.458. The molecule has 1 aliphatic rings. The monoisotopic (exact) mass is 245 g/mol. The van der Waals surface area contributed by atoms with Gasteiger partial charge in [0.25, 0.3) is 0 Å². The standard InChI is InChI=1S/C13H19N5/c1-17-7-9-18(10-8-17)6-5-15-13-4-2-3-12(11-14)16-13/h2-4H,5-10H2,1H3,(H,15,16). The molecule has 2 heterocycles. The number of pyridine rings is 1. The molecule has 0 aromatic carbocycles. The number of hydrogen-bond acceptors (Lipinski definition) is 5. The third kappa shape index (κ3) is 3.69. The molecule has 5 nitrogen and oxygen atoms in total. The Kier molecular flexibility index (Phi) is 4.51. The minimum Gasteiger partial charge on any atom is -0.369 e. The van der Waals surface area contributed by atoms with Gasteiger partial charge in [-0.25, -0.2) is 4.98 Å². The van der Waals surface area contributed by atoms with E-state index in [4.69, 9.17) is 5.26 Å². The van der Waals surface area contributed by atoms with Crippen LogP contribution in [0.2, 0.25) is 0 Å². The minimum atomic E-state index is 0.458. The number of aromatic nitrogens is 1. The van der Waals surface area contributed by atoms with E-state index < -0.39 is 0 Å². The van der Waals surface area contributed by atoms with Gasteiger partial charge in [-0.15, -0.1) is 0 Å². The second-order valence-electron chi connectivity index (χ2n) is 4.59. The first-order valence-electron chi connectivity index (χ1n) is 6.30. The van der Waals surface area contributed by atoms with Crippen molar-refractivity contribution in [3.05, 3.63) is 23.9 Å². The van der Waals surface area contributed by atoms with E-state index in [2.05, 4.69) is 27.1 Å². The van der Waals surface area contributed by atoms with Gasteiger partial charge in [0, 0.05) is 39.3 Å². The number of nitrogens with one attached hydrogen (secondary N) is 1. The summed E-state index contributed by atoms with van der Waals surface area (Å²) in [6.45, 7) is 6.43. The summed E-state index contributed by atoms with van der Waals surface area (Å²) in [5, 5.41) is 12.0. The second kappa shape index (κ2) is 6.34. The number of hydrogen-bond donors (Lipinski definition) is 1. The zero-order chi connectivity index (χ0) is 12.8. The average molecular weight is 245 g/mol. The topological polar surface area (TPSA) is 55.2 Å². The molecule has 0 amide bonds. The maximum atomic E-state index is 8.76. The van der Waals surface area contributed by atoms with E-state index in [1.165, 1.54) is 0 Å². The van der Waals surface area contributed by atoms with Gasteiger partial charge in [-0.2, -0.15) is 5.26 Å². The summed E-state index contributed by atoms with van der Waals surface area (Å²) >= 11 is 0. The Balaban J connectivity index is 1.73. The van der Waals surface area contributed by atoms with Crippen molar-refractivity contribution in [1.29, 1.82) is 5.26 Å². The van der Waals surface area contributed by atoms with Gasteiger partial charge in [-0.05, 0) is 19.2 Å². The highest BCUT2D eigenvalue weighted by Crippen LogP contribution is 2.04. The van der Waals surface area contributed by atoms with Crippen LogP contribution in [0.3, 0.4) is 0 Å². The molecular formula is C13H19N5. The van der Waals surface area contributed by atoms with E-state index in [0.717, 1.165) is 45.1 Å². The molecule has 96 valence electrons. The lowest BCUT2D eigenvalue weighted by molar-refractivity contribution is 0.158. The summed E-state index contributed by atoms with van der Waals surface area (Å²) in [5.41, 5.74) is 0.458. The Morgan fingerprint density at radius 3 is 2.83 bits per heavy atom. The van der Waals surface area contributed by atoms with Gasteiger partial charge in [0.2, 0.25) is 0 Å². The van der Waals surface area contributed by atoms with Gasteiger partial charge in [0.1, 0.15) is 17.6 Å². The normalized spacial score (nSPS) is 17.3. The molecule has 1 fully saturated rings. The van der Waals surface area contributed by atoms with E-state index in [1.807, 2.05) is 18.2 Å². The molecule has 0 unspecified atom stereocenters. The van der Waals surface area contributed by atoms with Crippen LogP contribution in [-0.4, -0.2) is 61.1 Å². The van der Waals surface area contributed by atoms with Crippen LogP contribution in [-0.2, 0) is 0 Å². The van der Waals surface area contributed by atoms with Crippen LogP contribution >= 0.6 is 0 Å². The molecule has 0 atom stereocenters. The van der Waals surface area contributed by atoms with Crippen LogP contribution in [0, 0.1) is 11.3 Å². The van der Waals surface area contributed by atoms with E-state index in [1.54, 1.807) is 6.07 Å². The first-order chi connectivity index (χ1) is 8.78. The van der Waals surface area contributed by atoms with Crippen molar-refractivity contribution in [1.82, 2.24) is 14.8 Å². The Morgan fingerprint density at radius 1 is 1.33 bits per heavy atom. The van der Waals surface area contributed by atoms with Crippen LogP contribution in [0.4, 0.5) is 5.82 Å². The van der Waals surface area contributed by atoms with E-state index >= 15 is 0 Å². The number of nitriles is 1. The fourth-order valence-corrected chi connectivity index (χ4v) is 2.01. The lowest BCUT2D eigenvalue weighted by Gasteiger charge is -2.32. The van der Waals surface area contributed by atoms with Crippen molar-refractivity contribution in [3.8, 4) is 6.07 Å². The Bertz CT molecular complexity index is 418. The maximum Gasteiger partial charge on any atom is 0.142 e. The van der Waals surface area contributed by atoms with Crippen molar-refractivity contribution < 1.29 is 0 Å². The second-order valence-corrected chi connectivity index (χ2v) is 4.59. The fraction of sp³-hybridized carbons (Fsp3) is 0.538. The molecule has 1 aromatic heterocycles. The molecular weight excluding hydrogens is 226 g/mol. The van der Waals surface area contributed by atoms with Crippen LogP contribution < -0.4 is 5.32 Å². The molecule has 5 heteroatoms.